The summed E-state index contributed by atoms with van der Waals surface area (Å²) >= 11 is 6.20. The second-order valence-electron chi connectivity index (χ2n) is 6.08. The molecule has 0 aromatic heterocycles. The van der Waals surface area contributed by atoms with Gasteiger partial charge in [0.05, 0.1) is 16.5 Å². The summed E-state index contributed by atoms with van der Waals surface area (Å²) in [5.74, 6) is -0.209. The molecule has 2 aromatic carbocycles. The van der Waals surface area contributed by atoms with Gasteiger partial charge in [-0.2, -0.15) is 0 Å². The number of hydrogen-bond acceptors (Lipinski definition) is 3. The maximum Gasteiger partial charge on any atom is 0.255 e. The van der Waals surface area contributed by atoms with Gasteiger partial charge in [0.1, 0.15) is 0 Å². The van der Waals surface area contributed by atoms with Crippen LogP contribution >= 0.6 is 11.6 Å². The summed E-state index contributed by atoms with van der Waals surface area (Å²) in [6.45, 7) is 2.35. The van der Waals surface area contributed by atoms with Gasteiger partial charge >= 0.3 is 0 Å². The molecule has 1 N–H and O–H groups in total. The van der Waals surface area contributed by atoms with Crippen LogP contribution in [0.25, 0.3) is 0 Å². The summed E-state index contributed by atoms with van der Waals surface area (Å²) < 4.78 is 25.9. The van der Waals surface area contributed by atoms with E-state index in [1.165, 1.54) is 10.4 Å². The van der Waals surface area contributed by atoms with Crippen LogP contribution in [0.15, 0.2) is 42.5 Å². The zero-order valence-electron chi connectivity index (χ0n) is 13.8. The van der Waals surface area contributed by atoms with E-state index >= 15 is 0 Å². The van der Waals surface area contributed by atoms with Gasteiger partial charge in [0.25, 0.3) is 5.91 Å². The minimum absolute atomic E-state index is 0.100. The highest BCUT2D eigenvalue weighted by atomic mass is 35.5. The van der Waals surface area contributed by atoms with Crippen LogP contribution in [-0.4, -0.2) is 26.6 Å². The Morgan fingerprint density at radius 3 is 2.52 bits per heavy atom. The minimum atomic E-state index is -3.39. The monoisotopic (exact) mass is 378 g/mol. The van der Waals surface area contributed by atoms with Gasteiger partial charge in [-0.05, 0) is 50.1 Å². The molecular formula is C18H19ClN2O3S. The lowest BCUT2D eigenvalue weighted by molar-refractivity contribution is 0.102. The number of amides is 1. The predicted molar refractivity (Wildman–Crippen MR) is 101 cm³/mol. The van der Waals surface area contributed by atoms with Crippen LogP contribution in [-0.2, 0) is 10.0 Å². The molecular weight excluding hydrogens is 360 g/mol. The third-order valence-electron chi connectivity index (χ3n) is 4.14. The first-order valence-electron chi connectivity index (χ1n) is 8.05. The van der Waals surface area contributed by atoms with Crippen molar-refractivity contribution < 1.29 is 13.2 Å². The van der Waals surface area contributed by atoms with Crippen molar-refractivity contribution in [3.05, 3.63) is 58.6 Å². The van der Waals surface area contributed by atoms with Crippen LogP contribution in [0.1, 0.15) is 28.8 Å². The first kappa shape index (κ1) is 17.8. The molecule has 132 valence electrons. The predicted octanol–water partition coefficient (Wildman–Crippen LogP) is 3.83. The summed E-state index contributed by atoms with van der Waals surface area (Å²) in [6.07, 6.45) is 1.42. The maximum atomic E-state index is 12.5. The van der Waals surface area contributed by atoms with E-state index in [2.05, 4.69) is 5.32 Å². The van der Waals surface area contributed by atoms with E-state index in [-0.39, 0.29) is 11.7 Å². The zero-order valence-corrected chi connectivity index (χ0v) is 15.4. The van der Waals surface area contributed by atoms with Crippen LogP contribution in [0.2, 0.25) is 5.02 Å². The molecule has 7 heteroatoms. The number of nitrogens with one attached hydrogen (secondary N) is 1. The lowest BCUT2D eigenvalue weighted by Gasteiger charge is -2.29. The van der Waals surface area contributed by atoms with Crippen LogP contribution < -0.4 is 9.62 Å². The van der Waals surface area contributed by atoms with Crippen LogP contribution in [0.5, 0.6) is 0 Å². The Bertz CT molecular complexity index is 895. The summed E-state index contributed by atoms with van der Waals surface area (Å²) in [5.41, 5.74) is 2.50. The second-order valence-corrected chi connectivity index (χ2v) is 8.50. The lowest BCUT2D eigenvalue weighted by Crippen LogP contribution is -2.38. The van der Waals surface area contributed by atoms with E-state index < -0.39 is 10.0 Å². The molecule has 1 saturated heterocycles. The standard InChI is InChI=1S/C18H19ClN2O3S/c1-13-4-7-15(8-5-13)20-18(22)14-6-9-16(19)17(12-14)21-10-2-3-11-25(21,23)24/h4-9,12H,2-3,10-11H2,1H3,(H,20,22). The lowest BCUT2D eigenvalue weighted by atomic mass is 10.1. The van der Waals surface area contributed by atoms with Gasteiger partial charge < -0.3 is 5.32 Å². The fraction of sp³-hybridized carbons (Fsp3) is 0.278. The molecule has 1 fully saturated rings. The molecule has 0 atom stereocenters. The van der Waals surface area contributed by atoms with Gasteiger partial charge in [0, 0.05) is 17.8 Å². The molecule has 1 aliphatic heterocycles. The van der Waals surface area contributed by atoms with Crippen molar-refractivity contribution in [2.24, 2.45) is 0 Å². The topological polar surface area (TPSA) is 66.5 Å². The van der Waals surface area contributed by atoms with E-state index in [1.54, 1.807) is 12.1 Å². The number of carbonyl (C=O) groups excluding carboxylic acids is 1. The highest BCUT2D eigenvalue weighted by Crippen LogP contribution is 2.31. The van der Waals surface area contributed by atoms with Crippen LogP contribution in [0.3, 0.4) is 0 Å². The SMILES string of the molecule is Cc1ccc(NC(=O)c2ccc(Cl)c(N3CCCCS3(=O)=O)c2)cc1. The zero-order chi connectivity index (χ0) is 18.0. The van der Waals surface area contributed by atoms with Crippen molar-refractivity contribution in [1.29, 1.82) is 0 Å². The summed E-state index contributed by atoms with van der Waals surface area (Å²) in [4.78, 5) is 12.5. The fourth-order valence-electron chi connectivity index (χ4n) is 2.74. The van der Waals surface area contributed by atoms with Crippen molar-refractivity contribution in [1.82, 2.24) is 0 Å². The molecule has 1 amide bonds. The summed E-state index contributed by atoms with van der Waals surface area (Å²) in [6, 6.07) is 12.1. The van der Waals surface area contributed by atoms with Crippen molar-refractivity contribution in [2.45, 2.75) is 19.8 Å². The van der Waals surface area contributed by atoms with Gasteiger partial charge in [-0.1, -0.05) is 29.3 Å². The molecule has 1 heterocycles. The molecule has 0 saturated carbocycles. The average molecular weight is 379 g/mol. The highest BCUT2D eigenvalue weighted by molar-refractivity contribution is 7.92. The average Bonchev–Trinajstić information content (AvgIpc) is 2.57. The van der Waals surface area contributed by atoms with Gasteiger partial charge in [-0.25, -0.2) is 8.42 Å². The van der Waals surface area contributed by atoms with E-state index in [9.17, 15) is 13.2 Å². The van der Waals surface area contributed by atoms with E-state index in [4.69, 9.17) is 11.6 Å². The Labute approximate surface area is 152 Å². The first-order chi connectivity index (χ1) is 11.9. The summed E-state index contributed by atoms with van der Waals surface area (Å²) in [7, 11) is -3.39. The van der Waals surface area contributed by atoms with Gasteiger partial charge in [0.2, 0.25) is 10.0 Å². The smallest absolute Gasteiger partial charge is 0.255 e. The molecule has 0 radical (unpaired) electrons. The third-order valence-corrected chi connectivity index (χ3v) is 6.31. The number of sulfonamides is 1. The number of halogens is 1. The van der Waals surface area contributed by atoms with E-state index in [1.807, 2.05) is 31.2 Å². The van der Waals surface area contributed by atoms with Gasteiger partial charge in [-0.3, -0.25) is 9.10 Å². The Hall–Kier alpha value is -2.05. The largest absolute Gasteiger partial charge is 0.322 e. The van der Waals surface area contributed by atoms with Crippen LogP contribution in [0.4, 0.5) is 11.4 Å². The number of hydrogen-bond donors (Lipinski definition) is 1. The quantitative estimate of drug-likeness (QED) is 0.882. The first-order valence-corrected chi connectivity index (χ1v) is 10.0. The van der Waals surface area contributed by atoms with Crippen molar-refractivity contribution in [2.75, 3.05) is 21.9 Å². The summed E-state index contributed by atoms with van der Waals surface area (Å²) in [5, 5.41) is 3.12. The van der Waals surface area contributed by atoms with Gasteiger partial charge in [0.15, 0.2) is 0 Å². The van der Waals surface area contributed by atoms with Crippen LogP contribution in [0, 0.1) is 6.92 Å². The number of nitrogens with zero attached hydrogens (tertiary/aromatic N) is 1. The number of benzene rings is 2. The molecule has 0 spiro atoms. The van der Waals surface area contributed by atoms with E-state index in [0.717, 1.165) is 12.0 Å². The maximum absolute atomic E-state index is 12.5. The third kappa shape index (κ3) is 3.96. The number of carbonyl (C=O) groups is 1. The van der Waals surface area contributed by atoms with Gasteiger partial charge in [-0.15, -0.1) is 0 Å². The molecule has 5 nitrogen and oxygen atoms in total. The molecule has 1 aliphatic rings. The number of anilines is 2. The molecule has 0 aliphatic carbocycles. The molecule has 25 heavy (non-hydrogen) atoms. The highest BCUT2D eigenvalue weighted by Gasteiger charge is 2.28. The molecule has 3 rings (SSSR count). The molecule has 0 bridgehead atoms. The Morgan fingerprint density at radius 2 is 1.84 bits per heavy atom. The second kappa shape index (κ2) is 7.06. The molecule has 0 unspecified atom stereocenters. The fourth-order valence-corrected chi connectivity index (χ4v) is 4.66. The number of aryl methyl sites for hydroxylation is 1. The van der Waals surface area contributed by atoms with E-state index in [0.29, 0.717) is 34.9 Å². The Kier molecular flexibility index (Phi) is 5.01. The van der Waals surface area contributed by atoms with Crippen molar-refractivity contribution >= 4 is 38.9 Å². The van der Waals surface area contributed by atoms with Crippen molar-refractivity contribution in [3.8, 4) is 0 Å². The Balaban J connectivity index is 1.88. The number of rotatable bonds is 3. The van der Waals surface area contributed by atoms with Crippen molar-refractivity contribution in [3.63, 3.8) is 0 Å². The minimum Gasteiger partial charge on any atom is -0.322 e. The molecule has 2 aromatic rings. The Morgan fingerprint density at radius 1 is 1.12 bits per heavy atom. The normalized spacial score (nSPS) is 16.5.